The zero-order valence-corrected chi connectivity index (χ0v) is 19.1. The van der Waals surface area contributed by atoms with Crippen molar-refractivity contribution < 1.29 is 18.7 Å². The van der Waals surface area contributed by atoms with Gasteiger partial charge in [-0.3, -0.25) is 9.69 Å². The van der Waals surface area contributed by atoms with Crippen molar-refractivity contribution in [3.8, 4) is 11.5 Å². The molecule has 4 rings (SSSR count). The van der Waals surface area contributed by atoms with Gasteiger partial charge in [0.2, 0.25) is 0 Å². The normalized spacial score (nSPS) is 14.5. The highest BCUT2D eigenvalue weighted by atomic mass is 32.1. The van der Waals surface area contributed by atoms with Gasteiger partial charge in [0.1, 0.15) is 29.6 Å². The number of nitrogens with one attached hydrogen (secondary N) is 1. The summed E-state index contributed by atoms with van der Waals surface area (Å²) in [6.07, 6.45) is 2.69. The number of rotatable bonds is 7. The van der Waals surface area contributed by atoms with Crippen LogP contribution in [0.15, 0.2) is 72.4 Å². The predicted octanol–water partition coefficient (Wildman–Crippen LogP) is 5.24. The monoisotopic (exact) mass is 462 g/mol. The molecule has 1 saturated heterocycles. The second-order valence-electron chi connectivity index (χ2n) is 7.46. The number of hydrogen-bond acceptors (Lipinski definition) is 4. The second-order valence-corrected chi connectivity index (χ2v) is 7.85. The molecule has 7 heteroatoms. The molecule has 1 aliphatic rings. The number of ether oxygens (including phenoxy) is 2. The molecule has 1 N–H and O–H groups in total. The first kappa shape index (κ1) is 22.5. The Morgan fingerprint density at radius 3 is 2.45 bits per heavy atom. The first-order chi connectivity index (χ1) is 16.0. The summed E-state index contributed by atoms with van der Waals surface area (Å²) in [7, 11) is 1.61. The van der Waals surface area contributed by atoms with Crippen molar-refractivity contribution in [2.24, 2.45) is 0 Å². The molecular weight excluding hydrogens is 439 g/mol. The lowest BCUT2D eigenvalue weighted by atomic mass is 10.1. The zero-order chi connectivity index (χ0) is 23.4. The summed E-state index contributed by atoms with van der Waals surface area (Å²) in [5.41, 5.74) is 3.71. The first-order valence-corrected chi connectivity index (χ1v) is 10.9. The molecule has 0 bridgehead atoms. The number of methoxy groups -OCH3 is 1. The molecule has 0 radical (unpaired) electrons. The van der Waals surface area contributed by atoms with E-state index in [4.69, 9.17) is 21.7 Å². The largest absolute Gasteiger partial charge is 0.496 e. The van der Waals surface area contributed by atoms with Crippen LogP contribution in [0.5, 0.6) is 11.5 Å². The molecule has 0 atom stereocenters. The Balaban J connectivity index is 1.54. The maximum Gasteiger partial charge on any atom is 0.281 e. The molecule has 0 saturated carbocycles. The number of carbonyl (C=O) groups excluding carboxylic acids is 1. The number of hydrogen-bond donors (Lipinski definition) is 1. The summed E-state index contributed by atoms with van der Waals surface area (Å²) in [5, 5.41) is 3.19. The fourth-order valence-corrected chi connectivity index (χ4v) is 3.81. The highest BCUT2D eigenvalue weighted by Crippen LogP contribution is 2.26. The van der Waals surface area contributed by atoms with E-state index in [1.165, 1.54) is 34.7 Å². The summed E-state index contributed by atoms with van der Waals surface area (Å²) < 4.78 is 24.7. The molecule has 1 amide bonds. The van der Waals surface area contributed by atoms with Gasteiger partial charge in [0.25, 0.3) is 5.91 Å². The lowest BCUT2D eigenvalue weighted by Crippen LogP contribution is -2.30. The molecular formula is C26H23FN2O3S. The molecule has 168 valence electrons. The Morgan fingerprint density at radius 1 is 1.06 bits per heavy atom. The summed E-state index contributed by atoms with van der Waals surface area (Å²) in [5.74, 6) is 0.771. The van der Waals surface area contributed by atoms with Crippen LogP contribution in [0, 0.1) is 5.82 Å². The van der Waals surface area contributed by atoms with Gasteiger partial charge in [0, 0.05) is 5.56 Å². The van der Waals surface area contributed by atoms with Crippen LogP contribution >= 0.6 is 12.2 Å². The average Bonchev–Trinajstić information content (AvgIpc) is 3.11. The molecule has 1 fully saturated rings. The van der Waals surface area contributed by atoms with E-state index in [9.17, 15) is 9.18 Å². The fraction of sp³-hybridized carbons (Fsp3) is 0.154. The standard InChI is InChI=1S/C26H23FN2O3S/c1-3-17-4-11-22(12-5-17)32-16-19-14-18(6-13-24(19)31-2)15-23-25(30)29(26(33)28-23)21-9-7-20(27)8-10-21/h4-15H,3,16H2,1-2H3,(H,28,33)/b23-15+. The van der Waals surface area contributed by atoms with E-state index in [0.29, 0.717) is 23.7 Å². The maximum atomic E-state index is 13.3. The average molecular weight is 463 g/mol. The van der Waals surface area contributed by atoms with Crippen LogP contribution in [0.3, 0.4) is 0 Å². The highest BCUT2D eigenvalue weighted by Gasteiger charge is 2.32. The molecule has 1 heterocycles. The number of carbonyl (C=O) groups is 1. The predicted molar refractivity (Wildman–Crippen MR) is 131 cm³/mol. The smallest absolute Gasteiger partial charge is 0.281 e. The Labute approximate surface area is 197 Å². The quantitative estimate of drug-likeness (QED) is 0.385. The van der Waals surface area contributed by atoms with Gasteiger partial charge in [0.15, 0.2) is 5.11 Å². The Kier molecular flexibility index (Phi) is 6.70. The van der Waals surface area contributed by atoms with Crippen LogP contribution in [0.4, 0.5) is 10.1 Å². The van der Waals surface area contributed by atoms with Gasteiger partial charge in [-0.25, -0.2) is 4.39 Å². The molecule has 0 unspecified atom stereocenters. The van der Waals surface area contributed by atoms with Gasteiger partial charge in [-0.15, -0.1) is 0 Å². The lowest BCUT2D eigenvalue weighted by molar-refractivity contribution is -0.113. The summed E-state index contributed by atoms with van der Waals surface area (Å²) in [6, 6.07) is 19.2. The van der Waals surface area contributed by atoms with Crippen molar-refractivity contribution in [2.75, 3.05) is 12.0 Å². The van der Waals surface area contributed by atoms with Crippen molar-refractivity contribution >= 4 is 35.0 Å². The van der Waals surface area contributed by atoms with Gasteiger partial charge in [0.05, 0.1) is 12.8 Å². The Bertz CT molecular complexity index is 1210. The van der Waals surface area contributed by atoms with Crippen molar-refractivity contribution in [2.45, 2.75) is 20.0 Å². The second kappa shape index (κ2) is 9.83. The van der Waals surface area contributed by atoms with E-state index in [0.717, 1.165) is 23.3 Å². The lowest BCUT2D eigenvalue weighted by Gasteiger charge is -2.13. The van der Waals surface area contributed by atoms with Gasteiger partial charge in [-0.05, 0) is 84.4 Å². The number of nitrogens with zero attached hydrogens (tertiary/aromatic N) is 1. The molecule has 1 aliphatic heterocycles. The number of amides is 1. The van der Waals surface area contributed by atoms with Gasteiger partial charge in [-0.2, -0.15) is 0 Å². The highest BCUT2D eigenvalue weighted by molar-refractivity contribution is 7.80. The number of thiocarbonyl (C=S) groups is 1. The summed E-state index contributed by atoms with van der Waals surface area (Å²) in [6.45, 7) is 2.42. The molecule has 0 aliphatic carbocycles. The fourth-order valence-electron chi connectivity index (χ4n) is 3.51. The topological polar surface area (TPSA) is 50.8 Å². The Hall–Kier alpha value is -3.71. The van der Waals surface area contributed by atoms with Gasteiger partial charge < -0.3 is 14.8 Å². The van der Waals surface area contributed by atoms with Crippen molar-refractivity contribution in [1.29, 1.82) is 0 Å². The Morgan fingerprint density at radius 2 is 1.79 bits per heavy atom. The van der Waals surface area contributed by atoms with E-state index in [1.807, 2.05) is 42.5 Å². The van der Waals surface area contributed by atoms with Gasteiger partial charge >= 0.3 is 0 Å². The maximum absolute atomic E-state index is 13.3. The molecule has 5 nitrogen and oxygen atoms in total. The van der Waals surface area contributed by atoms with E-state index < -0.39 is 0 Å². The number of halogens is 1. The summed E-state index contributed by atoms with van der Waals surface area (Å²) in [4.78, 5) is 14.3. The molecule has 3 aromatic rings. The number of anilines is 1. The van der Waals surface area contributed by atoms with Crippen molar-refractivity contribution in [3.05, 3.63) is 94.9 Å². The van der Waals surface area contributed by atoms with Gasteiger partial charge in [-0.1, -0.05) is 25.1 Å². The van der Waals surface area contributed by atoms with E-state index in [1.54, 1.807) is 13.2 Å². The molecule has 0 spiro atoms. The van der Waals surface area contributed by atoms with Crippen LogP contribution in [-0.2, 0) is 17.8 Å². The van der Waals surface area contributed by atoms with Crippen molar-refractivity contribution in [3.63, 3.8) is 0 Å². The minimum absolute atomic E-state index is 0.241. The molecule has 3 aromatic carbocycles. The zero-order valence-electron chi connectivity index (χ0n) is 18.3. The van der Waals surface area contributed by atoms with Crippen LogP contribution in [0.1, 0.15) is 23.6 Å². The third kappa shape index (κ3) is 5.04. The van der Waals surface area contributed by atoms with E-state index in [2.05, 4.69) is 12.2 Å². The van der Waals surface area contributed by atoms with Crippen LogP contribution in [0.2, 0.25) is 0 Å². The SMILES string of the molecule is CCc1ccc(OCc2cc(/C=C3/NC(=S)N(c4ccc(F)cc4)C3=O)ccc2OC)cc1. The molecule has 0 aromatic heterocycles. The van der Waals surface area contributed by atoms with Crippen LogP contribution in [-0.4, -0.2) is 18.1 Å². The third-order valence-corrected chi connectivity index (χ3v) is 5.59. The van der Waals surface area contributed by atoms with E-state index >= 15 is 0 Å². The third-order valence-electron chi connectivity index (χ3n) is 5.30. The minimum atomic E-state index is -0.380. The number of benzene rings is 3. The van der Waals surface area contributed by atoms with Crippen molar-refractivity contribution in [1.82, 2.24) is 5.32 Å². The number of aryl methyl sites for hydroxylation is 1. The van der Waals surface area contributed by atoms with Crippen LogP contribution < -0.4 is 19.7 Å². The molecule has 33 heavy (non-hydrogen) atoms. The summed E-state index contributed by atoms with van der Waals surface area (Å²) >= 11 is 5.32. The van der Waals surface area contributed by atoms with E-state index in [-0.39, 0.29) is 16.8 Å². The first-order valence-electron chi connectivity index (χ1n) is 10.5. The van der Waals surface area contributed by atoms with Crippen LogP contribution in [0.25, 0.3) is 6.08 Å². The minimum Gasteiger partial charge on any atom is -0.496 e.